The van der Waals surface area contributed by atoms with Crippen molar-refractivity contribution < 1.29 is 9.59 Å². The molecule has 1 rings (SSSR count). The molecule has 0 aliphatic heterocycles. The van der Waals surface area contributed by atoms with Crippen molar-refractivity contribution in [2.75, 3.05) is 0 Å². The maximum Gasteiger partial charge on any atom is 0.136 e. The van der Waals surface area contributed by atoms with Gasteiger partial charge in [0.2, 0.25) is 0 Å². The van der Waals surface area contributed by atoms with E-state index in [9.17, 15) is 9.59 Å². The van der Waals surface area contributed by atoms with Gasteiger partial charge in [0.15, 0.2) is 0 Å². The summed E-state index contributed by atoms with van der Waals surface area (Å²) in [6.07, 6.45) is 4.05. The van der Waals surface area contributed by atoms with Crippen molar-refractivity contribution in [3.05, 3.63) is 12.2 Å². The molecule has 0 bridgehead atoms. The lowest BCUT2D eigenvalue weighted by Gasteiger charge is -2.19. The van der Waals surface area contributed by atoms with Gasteiger partial charge < -0.3 is 4.79 Å². The van der Waals surface area contributed by atoms with Gasteiger partial charge in [0.25, 0.3) is 0 Å². The van der Waals surface area contributed by atoms with E-state index in [-0.39, 0.29) is 11.7 Å². The second kappa shape index (κ2) is 6.13. The maximum absolute atomic E-state index is 12.2. The lowest BCUT2D eigenvalue weighted by molar-refractivity contribution is -0.125. The molecule has 1 fully saturated rings. The second-order valence-corrected chi connectivity index (χ2v) is 5.62. The van der Waals surface area contributed by atoms with Crippen LogP contribution >= 0.6 is 0 Å². The van der Waals surface area contributed by atoms with Crippen LogP contribution in [-0.2, 0) is 9.59 Å². The molecular weight excluding hydrogens is 212 g/mol. The number of rotatable bonds is 4. The van der Waals surface area contributed by atoms with Crippen LogP contribution in [0.2, 0.25) is 0 Å². The van der Waals surface area contributed by atoms with Crippen LogP contribution < -0.4 is 0 Å². The van der Waals surface area contributed by atoms with Crippen molar-refractivity contribution in [1.29, 1.82) is 0 Å². The number of allylic oxidation sites excluding steroid dienone is 1. The highest BCUT2D eigenvalue weighted by Gasteiger charge is 2.31. The predicted octanol–water partition coefficient (Wildman–Crippen LogP) is 3.55. The molecule has 2 nitrogen and oxygen atoms in total. The molecule has 0 aromatic rings. The Bertz CT molecular complexity index is 317. The smallest absolute Gasteiger partial charge is 0.136 e. The Hall–Kier alpha value is -0.920. The number of ketones is 2. The van der Waals surface area contributed by atoms with Gasteiger partial charge in [0.05, 0.1) is 0 Å². The third-order valence-corrected chi connectivity index (χ3v) is 4.02. The Labute approximate surface area is 104 Å². The van der Waals surface area contributed by atoms with Crippen molar-refractivity contribution in [3.8, 4) is 0 Å². The second-order valence-electron chi connectivity index (χ2n) is 5.62. The van der Waals surface area contributed by atoms with Gasteiger partial charge in [0, 0.05) is 18.8 Å². The van der Waals surface area contributed by atoms with Gasteiger partial charge >= 0.3 is 0 Å². The quantitative estimate of drug-likeness (QED) is 0.552. The molecule has 17 heavy (non-hydrogen) atoms. The Morgan fingerprint density at radius 1 is 1.35 bits per heavy atom. The SMILES string of the molecule is C=C(C)[C@@H]1CC[C@H](C)[C@H](CCC(C)=O)C(=O)C1. The molecule has 0 saturated heterocycles. The molecule has 0 unspecified atom stereocenters. The summed E-state index contributed by atoms with van der Waals surface area (Å²) in [6.45, 7) is 9.73. The molecule has 0 radical (unpaired) electrons. The van der Waals surface area contributed by atoms with Gasteiger partial charge in [-0.05, 0) is 44.9 Å². The van der Waals surface area contributed by atoms with Crippen molar-refractivity contribution >= 4 is 11.6 Å². The van der Waals surface area contributed by atoms with Gasteiger partial charge in [-0.25, -0.2) is 0 Å². The molecule has 0 spiro atoms. The fourth-order valence-electron chi connectivity index (χ4n) is 2.70. The van der Waals surface area contributed by atoms with E-state index < -0.39 is 0 Å². The zero-order valence-electron chi connectivity index (χ0n) is 11.3. The van der Waals surface area contributed by atoms with E-state index in [4.69, 9.17) is 0 Å². The molecule has 0 amide bonds. The minimum atomic E-state index is 0.0863. The zero-order valence-corrected chi connectivity index (χ0v) is 11.3. The van der Waals surface area contributed by atoms with E-state index in [1.165, 1.54) is 0 Å². The first-order valence-electron chi connectivity index (χ1n) is 6.59. The Morgan fingerprint density at radius 3 is 2.53 bits per heavy atom. The van der Waals surface area contributed by atoms with Crippen molar-refractivity contribution in [2.45, 2.75) is 52.9 Å². The van der Waals surface area contributed by atoms with E-state index >= 15 is 0 Å². The van der Waals surface area contributed by atoms with Crippen LogP contribution in [0.4, 0.5) is 0 Å². The van der Waals surface area contributed by atoms with Crippen LogP contribution in [0.5, 0.6) is 0 Å². The van der Waals surface area contributed by atoms with Crippen LogP contribution in [-0.4, -0.2) is 11.6 Å². The van der Waals surface area contributed by atoms with Crippen molar-refractivity contribution in [1.82, 2.24) is 0 Å². The first-order valence-corrected chi connectivity index (χ1v) is 6.59. The number of hydrogen-bond donors (Lipinski definition) is 0. The molecule has 0 aromatic carbocycles. The lowest BCUT2D eigenvalue weighted by Crippen LogP contribution is -2.21. The summed E-state index contributed by atoms with van der Waals surface area (Å²) in [5.74, 6) is 1.37. The first-order chi connectivity index (χ1) is 7.91. The zero-order chi connectivity index (χ0) is 13.0. The summed E-state index contributed by atoms with van der Waals surface area (Å²) in [5.41, 5.74) is 1.12. The summed E-state index contributed by atoms with van der Waals surface area (Å²) in [4.78, 5) is 23.2. The molecule has 0 heterocycles. The van der Waals surface area contributed by atoms with Gasteiger partial charge in [-0.15, -0.1) is 0 Å². The topological polar surface area (TPSA) is 34.1 Å². The average molecular weight is 236 g/mol. The van der Waals surface area contributed by atoms with Crippen LogP contribution in [0.15, 0.2) is 12.2 Å². The largest absolute Gasteiger partial charge is 0.300 e. The number of carbonyl (C=O) groups excluding carboxylic acids is 2. The van der Waals surface area contributed by atoms with Crippen LogP contribution in [0.1, 0.15) is 52.9 Å². The highest BCUT2D eigenvalue weighted by atomic mass is 16.1. The highest BCUT2D eigenvalue weighted by Crippen LogP contribution is 2.34. The van der Waals surface area contributed by atoms with Crippen molar-refractivity contribution in [2.24, 2.45) is 17.8 Å². The first kappa shape index (κ1) is 14.1. The fourth-order valence-corrected chi connectivity index (χ4v) is 2.70. The van der Waals surface area contributed by atoms with E-state index in [0.29, 0.717) is 30.5 Å². The van der Waals surface area contributed by atoms with Gasteiger partial charge in [-0.2, -0.15) is 0 Å². The minimum absolute atomic E-state index is 0.0863. The molecule has 2 heteroatoms. The molecule has 0 aromatic heterocycles. The predicted molar refractivity (Wildman–Crippen MR) is 69.7 cm³/mol. The Morgan fingerprint density at radius 2 is 2.00 bits per heavy atom. The van der Waals surface area contributed by atoms with Crippen LogP contribution in [0.3, 0.4) is 0 Å². The van der Waals surface area contributed by atoms with E-state index in [1.807, 2.05) is 6.92 Å². The number of hydrogen-bond acceptors (Lipinski definition) is 2. The minimum Gasteiger partial charge on any atom is -0.300 e. The fraction of sp³-hybridized carbons (Fsp3) is 0.733. The summed E-state index contributed by atoms with van der Waals surface area (Å²) in [5, 5.41) is 0. The Kier molecular flexibility index (Phi) is 5.10. The number of carbonyl (C=O) groups is 2. The van der Waals surface area contributed by atoms with E-state index in [1.54, 1.807) is 6.92 Å². The maximum atomic E-state index is 12.2. The molecule has 3 atom stereocenters. The summed E-state index contributed by atoms with van der Waals surface area (Å²) < 4.78 is 0. The highest BCUT2D eigenvalue weighted by molar-refractivity contribution is 5.83. The summed E-state index contributed by atoms with van der Waals surface area (Å²) in [6, 6.07) is 0. The average Bonchev–Trinajstić information content (AvgIpc) is 2.36. The van der Waals surface area contributed by atoms with Crippen LogP contribution in [0, 0.1) is 17.8 Å². The molecule has 96 valence electrons. The molecule has 1 aliphatic carbocycles. The molecular formula is C15H24O2. The monoisotopic (exact) mass is 236 g/mol. The Balaban J connectivity index is 2.67. The molecule has 1 aliphatic rings. The van der Waals surface area contributed by atoms with Crippen molar-refractivity contribution in [3.63, 3.8) is 0 Å². The van der Waals surface area contributed by atoms with Gasteiger partial charge in [-0.1, -0.05) is 19.1 Å². The molecule has 1 saturated carbocycles. The third-order valence-electron chi connectivity index (χ3n) is 4.02. The van der Waals surface area contributed by atoms with Gasteiger partial charge in [0.1, 0.15) is 11.6 Å². The molecule has 0 N–H and O–H groups in total. The van der Waals surface area contributed by atoms with Crippen LogP contribution in [0.25, 0.3) is 0 Å². The third kappa shape index (κ3) is 4.10. The summed E-state index contributed by atoms with van der Waals surface area (Å²) in [7, 11) is 0. The lowest BCUT2D eigenvalue weighted by atomic mass is 9.84. The normalized spacial score (nSPS) is 29.8. The number of Topliss-reactive ketones (excluding diaryl/α,β-unsaturated/α-hetero) is 2. The van der Waals surface area contributed by atoms with E-state index in [2.05, 4.69) is 13.5 Å². The standard InChI is InChI=1S/C15H24O2/c1-10(2)13-7-5-11(3)14(15(17)9-13)8-6-12(4)16/h11,13-14H,1,5-9H2,2-4H3/t11-,13+,14-/m0/s1. The van der Waals surface area contributed by atoms with Gasteiger partial charge in [-0.3, -0.25) is 4.79 Å². The summed E-state index contributed by atoms with van der Waals surface area (Å²) >= 11 is 0. The van der Waals surface area contributed by atoms with E-state index in [0.717, 1.165) is 24.8 Å².